The summed E-state index contributed by atoms with van der Waals surface area (Å²) >= 11 is 0. The largest absolute Gasteiger partial charge is 0.458 e. The molecule has 1 aliphatic heterocycles. The highest BCUT2D eigenvalue weighted by molar-refractivity contribution is 7.96. The van der Waals surface area contributed by atoms with Gasteiger partial charge in [-0.25, -0.2) is 0 Å². The molecule has 1 rings (SSSR count). The molecule has 6 nitrogen and oxygen atoms in total. The van der Waals surface area contributed by atoms with E-state index >= 15 is 0 Å². The number of esters is 2. The topological polar surface area (TPSA) is 78.9 Å². The van der Waals surface area contributed by atoms with Crippen LogP contribution in [0.1, 0.15) is 67.2 Å². The normalized spacial score (nSPS) is 29.0. The van der Waals surface area contributed by atoms with E-state index in [0.717, 1.165) is 37.2 Å². The Labute approximate surface area is 178 Å². The van der Waals surface area contributed by atoms with Crippen molar-refractivity contribution in [2.75, 3.05) is 17.8 Å². The number of rotatable bonds is 11. The average molecular weight is 432 g/mol. The van der Waals surface area contributed by atoms with Gasteiger partial charge in [0.2, 0.25) is 0 Å². The summed E-state index contributed by atoms with van der Waals surface area (Å²) in [5.74, 6) is 1.51. The van der Waals surface area contributed by atoms with Gasteiger partial charge in [0.1, 0.15) is 29.5 Å². The molecule has 0 aromatic rings. The lowest BCUT2D eigenvalue weighted by molar-refractivity contribution is -0.223. The van der Waals surface area contributed by atoms with Crippen molar-refractivity contribution in [3.05, 3.63) is 0 Å². The van der Waals surface area contributed by atoms with Crippen LogP contribution in [0.2, 0.25) is 0 Å². The fourth-order valence-corrected chi connectivity index (χ4v) is 5.53. The van der Waals surface area contributed by atoms with Gasteiger partial charge in [-0.15, -0.1) is 0 Å². The van der Waals surface area contributed by atoms with Gasteiger partial charge in [0.15, 0.2) is 6.10 Å². The van der Waals surface area contributed by atoms with Crippen LogP contribution in [0.4, 0.5) is 0 Å². The lowest BCUT2D eigenvalue weighted by Crippen LogP contribution is -2.56. The van der Waals surface area contributed by atoms with Crippen molar-refractivity contribution in [3.63, 3.8) is 0 Å². The summed E-state index contributed by atoms with van der Waals surface area (Å²) in [5, 5.41) is 0. The molecule has 1 fully saturated rings. The minimum Gasteiger partial charge on any atom is -0.458 e. The second-order valence-corrected chi connectivity index (χ2v) is 10.5. The molecule has 7 heteroatoms. The van der Waals surface area contributed by atoms with Crippen molar-refractivity contribution in [2.24, 2.45) is 11.8 Å². The Bertz CT molecular complexity index is 551. The molecule has 1 unspecified atom stereocenters. The van der Waals surface area contributed by atoms with Crippen LogP contribution in [0, 0.1) is 11.8 Å². The molecular formula is C22H39O6S+. The molecule has 0 radical (unpaired) electrons. The molecule has 0 aromatic carbocycles. The molecule has 7 atom stereocenters. The molecule has 1 heterocycles. The molecule has 0 aromatic heterocycles. The van der Waals surface area contributed by atoms with Crippen LogP contribution >= 0.6 is 0 Å². The molecule has 1 aliphatic rings. The zero-order chi connectivity index (χ0) is 22.1. The van der Waals surface area contributed by atoms with Crippen molar-refractivity contribution < 1.29 is 28.6 Å². The third-order valence-corrected chi connectivity index (χ3v) is 7.65. The minimum absolute atomic E-state index is 0.0445. The second kappa shape index (κ2) is 12.6. The van der Waals surface area contributed by atoms with E-state index in [-0.39, 0.29) is 46.7 Å². The van der Waals surface area contributed by atoms with Crippen LogP contribution in [0.5, 0.6) is 0 Å². The summed E-state index contributed by atoms with van der Waals surface area (Å²) in [4.78, 5) is 35.0. The Morgan fingerprint density at radius 2 is 1.55 bits per heavy atom. The maximum Gasteiger partial charge on any atom is 0.303 e. The Balaban J connectivity index is 2.81. The van der Waals surface area contributed by atoms with Crippen LogP contribution in [0.3, 0.4) is 0 Å². The van der Waals surface area contributed by atoms with E-state index in [1.165, 1.54) is 13.8 Å². The van der Waals surface area contributed by atoms with Gasteiger partial charge in [-0.05, 0) is 30.7 Å². The van der Waals surface area contributed by atoms with Crippen LogP contribution in [-0.2, 0) is 39.5 Å². The third-order valence-electron chi connectivity index (χ3n) is 5.78. The Morgan fingerprint density at radius 1 is 0.966 bits per heavy atom. The standard InChI is InChI=1S/C22H39O6S/c1-8-18(15(4)23)10-12-29(7)13-11-20-22(27-17(6)25)21(26-16(5)24)14(3)19(9-2)28-20/h14,18-22H,8-13H2,1-7H3/q+1/t14-,18-,19+,20+,21-,22-,29?/m0/s1. The predicted octanol–water partition coefficient (Wildman–Crippen LogP) is 3.31. The molecule has 1 saturated heterocycles. The summed E-state index contributed by atoms with van der Waals surface area (Å²) < 4.78 is 17.4. The van der Waals surface area contributed by atoms with Crippen molar-refractivity contribution >= 4 is 28.6 Å². The van der Waals surface area contributed by atoms with E-state index < -0.39 is 18.2 Å². The van der Waals surface area contributed by atoms with E-state index in [9.17, 15) is 14.4 Å². The molecule has 0 aliphatic carbocycles. The van der Waals surface area contributed by atoms with Crippen LogP contribution < -0.4 is 0 Å². The number of hydrogen-bond acceptors (Lipinski definition) is 6. The number of ketones is 1. The van der Waals surface area contributed by atoms with Crippen molar-refractivity contribution in [2.45, 2.75) is 91.6 Å². The fourth-order valence-electron chi connectivity index (χ4n) is 4.01. The van der Waals surface area contributed by atoms with E-state index in [0.29, 0.717) is 0 Å². The van der Waals surface area contributed by atoms with Crippen LogP contribution in [-0.4, -0.2) is 59.9 Å². The second-order valence-electron chi connectivity index (χ2n) is 8.11. The summed E-state index contributed by atoms with van der Waals surface area (Å²) in [6.07, 6.45) is 4.10. The third kappa shape index (κ3) is 8.28. The summed E-state index contributed by atoms with van der Waals surface area (Å²) in [6.45, 7) is 10.5. The van der Waals surface area contributed by atoms with E-state index in [1.54, 1.807) is 6.92 Å². The SMILES string of the molecule is CC[C@@H](CC[S+](C)CC[C@H]1O[C@H](CC)[C@H](C)[C@H](OC(C)=O)[C@H]1OC(C)=O)C(C)=O. The van der Waals surface area contributed by atoms with Crippen molar-refractivity contribution in [3.8, 4) is 0 Å². The number of carbonyl (C=O) groups is 3. The van der Waals surface area contributed by atoms with Gasteiger partial charge >= 0.3 is 11.9 Å². The van der Waals surface area contributed by atoms with Gasteiger partial charge in [-0.2, -0.15) is 0 Å². The van der Waals surface area contributed by atoms with Gasteiger partial charge in [-0.1, -0.05) is 20.8 Å². The monoisotopic (exact) mass is 431 g/mol. The smallest absolute Gasteiger partial charge is 0.303 e. The van der Waals surface area contributed by atoms with Gasteiger partial charge in [0.25, 0.3) is 0 Å². The van der Waals surface area contributed by atoms with Crippen LogP contribution in [0.25, 0.3) is 0 Å². The van der Waals surface area contributed by atoms with Gasteiger partial charge < -0.3 is 14.2 Å². The summed E-state index contributed by atoms with van der Waals surface area (Å²) in [6, 6.07) is 0. The molecule has 0 spiro atoms. The van der Waals surface area contributed by atoms with Gasteiger partial charge in [-0.3, -0.25) is 14.4 Å². The molecular weight excluding hydrogens is 392 g/mol. The maximum absolute atomic E-state index is 11.7. The number of Topliss-reactive ketones (excluding diaryl/α,β-unsaturated/α-hetero) is 1. The van der Waals surface area contributed by atoms with E-state index in [4.69, 9.17) is 14.2 Å². The molecule has 168 valence electrons. The van der Waals surface area contributed by atoms with Crippen LogP contribution in [0.15, 0.2) is 0 Å². The molecule has 0 saturated carbocycles. The molecule has 29 heavy (non-hydrogen) atoms. The lowest BCUT2D eigenvalue weighted by atomic mass is 9.85. The highest BCUT2D eigenvalue weighted by atomic mass is 32.2. The minimum atomic E-state index is -0.591. The molecule has 0 N–H and O–H groups in total. The first-order valence-corrected chi connectivity index (χ1v) is 12.7. The zero-order valence-electron chi connectivity index (χ0n) is 19.1. The Morgan fingerprint density at radius 3 is 2.03 bits per heavy atom. The highest BCUT2D eigenvalue weighted by Gasteiger charge is 2.47. The molecule has 0 bridgehead atoms. The quantitative estimate of drug-likeness (QED) is 0.369. The summed E-state index contributed by atoms with van der Waals surface area (Å²) in [5.41, 5.74) is 0. The lowest BCUT2D eigenvalue weighted by Gasteiger charge is -2.44. The zero-order valence-corrected chi connectivity index (χ0v) is 19.9. The number of ether oxygens (including phenoxy) is 3. The Hall–Kier alpha value is -1.08. The first kappa shape index (κ1) is 26.0. The van der Waals surface area contributed by atoms with Crippen molar-refractivity contribution in [1.82, 2.24) is 0 Å². The Kier molecular flexibility index (Phi) is 11.3. The van der Waals surface area contributed by atoms with Crippen molar-refractivity contribution in [1.29, 1.82) is 0 Å². The molecule has 0 amide bonds. The van der Waals surface area contributed by atoms with Gasteiger partial charge in [0, 0.05) is 38.5 Å². The number of hydrogen-bond donors (Lipinski definition) is 0. The first-order chi connectivity index (χ1) is 13.6. The fraction of sp³-hybridized carbons (Fsp3) is 0.864. The van der Waals surface area contributed by atoms with Gasteiger partial charge in [0.05, 0.1) is 12.4 Å². The number of carbonyl (C=O) groups excluding carboxylic acids is 3. The average Bonchev–Trinajstić information content (AvgIpc) is 2.63. The maximum atomic E-state index is 11.7. The van der Waals surface area contributed by atoms with E-state index in [2.05, 4.69) is 13.2 Å². The van der Waals surface area contributed by atoms with E-state index in [1.807, 2.05) is 13.8 Å². The predicted molar refractivity (Wildman–Crippen MR) is 116 cm³/mol. The first-order valence-electron chi connectivity index (χ1n) is 10.7. The highest BCUT2D eigenvalue weighted by Crippen LogP contribution is 2.33. The summed E-state index contributed by atoms with van der Waals surface area (Å²) in [7, 11) is 0.138.